The van der Waals surface area contributed by atoms with Crippen LogP contribution in [0.25, 0.3) is 0 Å². The first kappa shape index (κ1) is 13.5. The fraction of sp³-hybridized carbons (Fsp3) is 0.917. The van der Waals surface area contributed by atoms with Crippen molar-refractivity contribution in [3.63, 3.8) is 0 Å². The van der Waals surface area contributed by atoms with Gasteiger partial charge in [0.15, 0.2) is 0 Å². The Hall–Kier alpha value is -0.610. The molecule has 16 heavy (non-hydrogen) atoms. The van der Waals surface area contributed by atoms with E-state index < -0.39 is 17.0 Å². The Morgan fingerprint density at radius 1 is 1.56 bits per heavy atom. The van der Waals surface area contributed by atoms with Crippen molar-refractivity contribution < 1.29 is 19.7 Å². The van der Waals surface area contributed by atoms with Crippen LogP contribution in [0, 0.1) is 5.41 Å². The number of aliphatic hydroxyl groups is 1. The second kappa shape index (κ2) is 4.72. The number of ether oxygens (including phenoxy) is 1. The molecule has 1 rings (SSSR count). The van der Waals surface area contributed by atoms with E-state index in [1.807, 2.05) is 0 Å². The summed E-state index contributed by atoms with van der Waals surface area (Å²) >= 11 is 0. The minimum absolute atomic E-state index is 0.0117. The van der Waals surface area contributed by atoms with Gasteiger partial charge in [0.1, 0.15) is 0 Å². The number of rotatable bonds is 4. The van der Waals surface area contributed by atoms with Crippen molar-refractivity contribution in [2.45, 2.75) is 58.2 Å². The predicted octanol–water partition coefficient (Wildman–Crippen LogP) is 1.81. The van der Waals surface area contributed by atoms with Gasteiger partial charge in [0.25, 0.3) is 0 Å². The SMILES string of the molecule is CCCC1CC(O)(C(C)(C)C(=O)O)CCO1. The molecule has 1 fully saturated rings. The lowest BCUT2D eigenvalue weighted by Gasteiger charge is -2.45. The van der Waals surface area contributed by atoms with Crippen LogP contribution in [0.15, 0.2) is 0 Å². The summed E-state index contributed by atoms with van der Waals surface area (Å²) < 4.78 is 5.54. The van der Waals surface area contributed by atoms with Gasteiger partial charge in [-0.3, -0.25) is 4.79 Å². The maximum Gasteiger partial charge on any atom is 0.312 e. The Bertz CT molecular complexity index is 260. The smallest absolute Gasteiger partial charge is 0.312 e. The summed E-state index contributed by atoms with van der Waals surface area (Å²) in [6.45, 7) is 5.67. The molecule has 4 heteroatoms. The average molecular weight is 230 g/mol. The highest BCUT2D eigenvalue weighted by Gasteiger charge is 2.51. The first-order valence-corrected chi connectivity index (χ1v) is 5.91. The molecule has 0 aromatic heterocycles. The molecule has 2 unspecified atom stereocenters. The van der Waals surface area contributed by atoms with Crippen LogP contribution in [-0.4, -0.2) is 34.5 Å². The highest BCUT2D eigenvalue weighted by atomic mass is 16.5. The number of carboxylic acid groups (broad SMARTS) is 1. The molecule has 2 atom stereocenters. The number of carboxylic acids is 1. The van der Waals surface area contributed by atoms with Crippen molar-refractivity contribution in [2.24, 2.45) is 5.41 Å². The fourth-order valence-electron chi connectivity index (χ4n) is 2.21. The standard InChI is InChI=1S/C12H22O4/c1-4-5-9-8-12(15,6-7-16-9)11(2,3)10(13)14/h9,15H,4-8H2,1-3H3,(H,13,14). The second-order valence-electron chi connectivity index (χ2n) is 5.20. The van der Waals surface area contributed by atoms with Crippen molar-refractivity contribution in [1.82, 2.24) is 0 Å². The summed E-state index contributed by atoms with van der Waals surface area (Å²) in [4.78, 5) is 11.2. The number of hydrogen-bond donors (Lipinski definition) is 2. The summed E-state index contributed by atoms with van der Waals surface area (Å²) in [6.07, 6.45) is 2.65. The van der Waals surface area contributed by atoms with Crippen LogP contribution in [0.3, 0.4) is 0 Å². The highest BCUT2D eigenvalue weighted by Crippen LogP contribution is 2.41. The van der Waals surface area contributed by atoms with E-state index in [1.54, 1.807) is 13.8 Å². The maximum absolute atomic E-state index is 11.2. The summed E-state index contributed by atoms with van der Waals surface area (Å²) in [5, 5.41) is 19.7. The zero-order valence-corrected chi connectivity index (χ0v) is 10.3. The molecule has 0 aliphatic carbocycles. The first-order valence-electron chi connectivity index (χ1n) is 5.91. The van der Waals surface area contributed by atoms with Crippen molar-refractivity contribution >= 4 is 5.97 Å². The third kappa shape index (κ3) is 2.38. The lowest BCUT2D eigenvalue weighted by Crippen LogP contribution is -2.54. The van der Waals surface area contributed by atoms with Crippen molar-refractivity contribution in [2.75, 3.05) is 6.61 Å². The molecule has 0 spiro atoms. The van der Waals surface area contributed by atoms with Gasteiger partial charge in [-0.2, -0.15) is 0 Å². The summed E-state index contributed by atoms with van der Waals surface area (Å²) in [5.41, 5.74) is -2.28. The fourth-order valence-corrected chi connectivity index (χ4v) is 2.21. The topological polar surface area (TPSA) is 66.8 Å². The number of carbonyl (C=O) groups is 1. The van der Waals surface area contributed by atoms with E-state index in [0.717, 1.165) is 12.8 Å². The molecule has 1 aliphatic rings. The monoisotopic (exact) mass is 230 g/mol. The third-order valence-electron chi connectivity index (χ3n) is 3.74. The normalized spacial score (nSPS) is 31.4. The predicted molar refractivity (Wildman–Crippen MR) is 60.2 cm³/mol. The lowest BCUT2D eigenvalue weighted by molar-refractivity contribution is -0.186. The number of hydrogen-bond acceptors (Lipinski definition) is 3. The van der Waals surface area contributed by atoms with Crippen molar-refractivity contribution in [3.05, 3.63) is 0 Å². The minimum Gasteiger partial charge on any atom is -0.481 e. The molecular formula is C12H22O4. The van der Waals surface area contributed by atoms with Crippen LogP contribution in [0.4, 0.5) is 0 Å². The van der Waals surface area contributed by atoms with Gasteiger partial charge in [0, 0.05) is 19.4 Å². The zero-order chi connectivity index (χ0) is 12.4. The van der Waals surface area contributed by atoms with Gasteiger partial charge in [-0.1, -0.05) is 13.3 Å². The molecule has 4 nitrogen and oxygen atoms in total. The van der Waals surface area contributed by atoms with Crippen molar-refractivity contribution in [3.8, 4) is 0 Å². The largest absolute Gasteiger partial charge is 0.481 e. The Morgan fingerprint density at radius 2 is 2.19 bits per heavy atom. The molecule has 0 aromatic carbocycles. The maximum atomic E-state index is 11.2. The van der Waals surface area contributed by atoms with Crippen LogP contribution in [0.2, 0.25) is 0 Å². The molecule has 0 saturated carbocycles. The highest BCUT2D eigenvalue weighted by molar-refractivity contribution is 5.75. The van der Waals surface area contributed by atoms with Crippen LogP contribution in [0.5, 0.6) is 0 Å². The molecule has 0 amide bonds. The van der Waals surface area contributed by atoms with E-state index in [2.05, 4.69) is 6.92 Å². The lowest BCUT2D eigenvalue weighted by atomic mass is 9.69. The van der Waals surface area contributed by atoms with E-state index in [0.29, 0.717) is 19.4 Å². The van der Waals surface area contributed by atoms with Gasteiger partial charge in [-0.15, -0.1) is 0 Å². The van der Waals surface area contributed by atoms with Gasteiger partial charge in [-0.05, 0) is 20.3 Å². The van der Waals surface area contributed by atoms with Crippen LogP contribution < -0.4 is 0 Å². The Labute approximate surface area is 96.6 Å². The van der Waals surface area contributed by atoms with Gasteiger partial charge in [0.05, 0.1) is 17.1 Å². The molecule has 0 bridgehead atoms. The van der Waals surface area contributed by atoms with Crippen molar-refractivity contribution in [1.29, 1.82) is 0 Å². The van der Waals surface area contributed by atoms with Crippen LogP contribution in [0.1, 0.15) is 46.5 Å². The zero-order valence-electron chi connectivity index (χ0n) is 10.3. The molecule has 1 saturated heterocycles. The molecule has 1 heterocycles. The molecule has 2 N–H and O–H groups in total. The Balaban J connectivity index is 2.80. The first-order chi connectivity index (χ1) is 7.33. The van der Waals surface area contributed by atoms with E-state index in [4.69, 9.17) is 4.74 Å². The van der Waals surface area contributed by atoms with Gasteiger partial charge < -0.3 is 14.9 Å². The second-order valence-corrected chi connectivity index (χ2v) is 5.20. The molecular weight excluding hydrogens is 208 g/mol. The third-order valence-corrected chi connectivity index (χ3v) is 3.74. The summed E-state index contributed by atoms with van der Waals surface area (Å²) in [7, 11) is 0. The van der Waals surface area contributed by atoms with E-state index in [9.17, 15) is 15.0 Å². The average Bonchev–Trinajstić information content (AvgIpc) is 2.17. The summed E-state index contributed by atoms with van der Waals surface area (Å²) in [5.74, 6) is -0.952. The quantitative estimate of drug-likeness (QED) is 0.773. The molecule has 0 aromatic rings. The Morgan fingerprint density at radius 3 is 2.69 bits per heavy atom. The van der Waals surface area contributed by atoms with Crippen LogP contribution in [-0.2, 0) is 9.53 Å². The van der Waals surface area contributed by atoms with E-state index in [-0.39, 0.29) is 6.10 Å². The Kier molecular flexibility index (Phi) is 3.97. The molecule has 0 radical (unpaired) electrons. The minimum atomic E-state index is -1.16. The van der Waals surface area contributed by atoms with Gasteiger partial charge >= 0.3 is 5.97 Å². The van der Waals surface area contributed by atoms with E-state index >= 15 is 0 Å². The van der Waals surface area contributed by atoms with Gasteiger partial charge in [-0.25, -0.2) is 0 Å². The molecule has 94 valence electrons. The molecule has 1 aliphatic heterocycles. The number of aliphatic carboxylic acids is 1. The van der Waals surface area contributed by atoms with Gasteiger partial charge in [0.2, 0.25) is 0 Å². The van der Waals surface area contributed by atoms with E-state index in [1.165, 1.54) is 0 Å². The van der Waals surface area contributed by atoms with Crippen LogP contribution >= 0.6 is 0 Å². The summed E-state index contributed by atoms with van der Waals surface area (Å²) in [6, 6.07) is 0.